The molecule has 0 aromatic carbocycles. The Bertz CT molecular complexity index is 1100. The summed E-state index contributed by atoms with van der Waals surface area (Å²) in [7, 11) is 0. The van der Waals surface area contributed by atoms with E-state index in [2.05, 4.69) is 19.9 Å². The number of piperazine rings is 1. The van der Waals surface area contributed by atoms with Crippen LogP contribution in [0.1, 0.15) is 23.3 Å². The topological polar surface area (TPSA) is 84.2 Å². The Morgan fingerprint density at radius 1 is 1.03 bits per heavy atom. The van der Waals surface area contributed by atoms with E-state index in [1.807, 2.05) is 0 Å². The van der Waals surface area contributed by atoms with Gasteiger partial charge in [-0.25, -0.2) is 15.0 Å². The molecular weight excluding hydrogens is 388 g/mol. The summed E-state index contributed by atoms with van der Waals surface area (Å²) in [5.41, 5.74) is 1.08. The lowest BCUT2D eigenvalue weighted by molar-refractivity contribution is -0.132. The zero-order valence-corrected chi connectivity index (χ0v) is 16.9. The lowest BCUT2D eigenvalue weighted by atomic mass is 9.97. The molecule has 0 saturated carbocycles. The van der Waals surface area contributed by atoms with Crippen LogP contribution < -0.4 is 10.5 Å². The van der Waals surface area contributed by atoms with E-state index in [1.54, 1.807) is 34.7 Å². The van der Waals surface area contributed by atoms with Crippen LogP contribution in [0.5, 0.6) is 0 Å². The Labute approximate surface area is 171 Å². The first kappa shape index (κ1) is 18.2. The number of hydrogen-bond donors (Lipinski definition) is 0. The molecule has 4 heterocycles. The fourth-order valence-electron chi connectivity index (χ4n) is 4.15. The van der Waals surface area contributed by atoms with Gasteiger partial charge in [0.2, 0.25) is 11.9 Å². The predicted octanol–water partition coefficient (Wildman–Crippen LogP) is 1.48. The third-order valence-corrected chi connectivity index (χ3v) is 6.91. The Morgan fingerprint density at radius 2 is 1.79 bits per heavy atom. The smallest absolute Gasteiger partial charge is 0.262 e. The normalized spacial score (nSPS) is 16.8. The highest BCUT2D eigenvalue weighted by Crippen LogP contribution is 2.33. The molecule has 0 spiro atoms. The second-order valence-electron chi connectivity index (χ2n) is 7.49. The third-order valence-electron chi connectivity index (χ3n) is 5.71. The molecule has 5 rings (SSSR count). The standard InChI is InChI=1S/C20H22N6O2S/c27-16(24-8-10-25(11-9-24)20-21-6-3-7-22-20)12-26-13-23-18-17(19(26)28)14-4-1-2-5-15(14)29-18/h3,6-7,13H,1-2,4-5,8-12H2. The van der Waals surface area contributed by atoms with E-state index in [1.165, 1.54) is 22.2 Å². The van der Waals surface area contributed by atoms with Gasteiger partial charge in [-0.3, -0.25) is 14.2 Å². The Kier molecular flexibility index (Phi) is 4.75. The minimum atomic E-state index is -0.0842. The molecule has 0 atom stereocenters. The number of nitrogens with zero attached hydrogens (tertiary/aromatic N) is 6. The summed E-state index contributed by atoms with van der Waals surface area (Å²) in [5, 5.41) is 0.728. The summed E-state index contributed by atoms with van der Waals surface area (Å²) in [5.74, 6) is 0.638. The van der Waals surface area contributed by atoms with Gasteiger partial charge < -0.3 is 9.80 Å². The van der Waals surface area contributed by atoms with Crippen LogP contribution in [0.25, 0.3) is 10.2 Å². The van der Waals surface area contributed by atoms with Crippen LogP contribution in [-0.2, 0) is 24.2 Å². The number of carbonyl (C=O) groups excluding carboxylic acids is 1. The Balaban J connectivity index is 1.31. The van der Waals surface area contributed by atoms with Crippen molar-refractivity contribution in [2.24, 2.45) is 0 Å². The van der Waals surface area contributed by atoms with E-state index in [-0.39, 0.29) is 18.0 Å². The van der Waals surface area contributed by atoms with Crippen molar-refractivity contribution in [2.75, 3.05) is 31.1 Å². The second-order valence-corrected chi connectivity index (χ2v) is 8.57. The average Bonchev–Trinajstić information content (AvgIpc) is 3.16. The molecular formula is C20H22N6O2S. The maximum absolute atomic E-state index is 13.1. The number of hydrogen-bond acceptors (Lipinski definition) is 7. The maximum Gasteiger partial charge on any atom is 0.262 e. The minimum Gasteiger partial charge on any atom is -0.338 e. The molecule has 3 aromatic heterocycles. The van der Waals surface area contributed by atoms with Crippen LogP contribution >= 0.6 is 11.3 Å². The van der Waals surface area contributed by atoms with Gasteiger partial charge in [-0.1, -0.05) is 0 Å². The van der Waals surface area contributed by atoms with Crippen LogP contribution in [-0.4, -0.2) is 56.5 Å². The number of anilines is 1. The average molecular weight is 411 g/mol. The van der Waals surface area contributed by atoms with Crippen LogP contribution in [0.2, 0.25) is 0 Å². The lowest BCUT2D eigenvalue weighted by Gasteiger charge is -2.34. The molecule has 1 aliphatic carbocycles. The molecule has 0 radical (unpaired) electrons. The number of carbonyl (C=O) groups is 1. The van der Waals surface area contributed by atoms with Crippen molar-refractivity contribution in [3.8, 4) is 0 Å². The number of amides is 1. The fraction of sp³-hybridized carbons (Fsp3) is 0.450. The van der Waals surface area contributed by atoms with Gasteiger partial charge in [0.25, 0.3) is 5.56 Å². The molecule has 0 bridgehead atoms. The SMILES string of the molecule is O=C(Cn1cnc2sc3c(c2c1=O)CCCC3)N1CCN(c2ncccn2)CC1. The zero-order valence-electron chi connectivity index (χ0n) is 16.1. The van der Waals surface area contributed by atoms with Crippen LogP contribution in [0, 0.1) is 0 Å². The van der Waals surface area contributed by atoms with Gasteiger partial charge in [0, 0.05) is 43.4 Å². The van der Waals surface area contributed by atoms with E-state index in [0.717, 1.165) is 35.0 Å². The molecule has 1 fully saturated rings. The molecule has 150 valence electrons. The van der Waals surface area contributed by atoms with Gasteiger partial charge in [-0.15, -0.1) is 11.3 Å². The van der Waals surface area contributed by atoms with Crippen LogP contribution in [0.4, 0.5) is 5.95 Å². The molecule has 9 heteroatoms. The zero-order chi connectivity index (χ0) is 19.8. The fourth-order valence-corrected chi connectivity index (χ4v) is 5.37. The molecule has 1 aliphatic heterocycles. The lowest BCUT2D eigenvalue weighted by Crippen LogP contribution is -2.50. The molecule has 1 amide bonds. The quantitative estimate of drug-likeness (QED) is 0.650. The number of aryl methyl sites for hydroxylation is 2. The monoisotopic (exact) mass is 410 g/mol. The van der Waals surface area contributed by atoms with Gasteiger partial charge in [-0.2, -0.15) is 0 Å². The molecule has 2 aliphatic rings. The molecule has 3 aromatic rings. The van der Waals surface area contributed by atoms with Crippen molar-refractivity contribution in [1.82, 2.24) is 24.4 Å². The van der Waals surface area contributed by atoms with Gasteiger partial charge in [0.15, 0.2) is 0 Å². The third kappa shape index (κ3) is 3.39. The number of thiophene rings is 1. The summed E-state index contributed by atoms with van der Waals surface area (Å²) in [6.45, 7) is 2.58. The minimum absolute atomic E-state index is 0.0359. The van der Waals surface area contributed by atoms with Gasteiger partial charge in [0.05, 0.1) is 11.7 Å². The first-order chi connectivity index (χ1) is 14.2. The van der Waals surface area contributed by atoms with Crippen molar-refractivity contribution in [3.05, 3.63) is 45.6 Å². The van der Waals surface area contributed by atoms with Crippen LogP contribution in [0.15, 0.2) is 29.6 Å². The molecule has 1 saturated heterocycles. The maximum atomic E-state index is 13.1. The predicted molar refractivity (Wildman–Crippen MR) is 111 cm³/mol. The highest BCUT2D eigenvalue weighted by atomic mass is 32.1. The highest BCUT2D eigenvalue weighted by molar-refractivity contribution is 7.18. The number of aromatic nitrogens is 4. The molecule has 8 nitrogen and oxygen atoms in total. The van der Waals surface area contributed by atoms with E-state index in [4.69, 9.17) is 0 Å². The van der Waals surface area contributed by atoms with Crippen molar-refractivity contribution in [3.63, 3.8) is 0 Å². The summed E-state index contributed by atoms with van der Waals surface area (Å²) >= 11 is 1.63. The Hall–Kier alpha value is -2.81. The highest BCUT2D eigenvalue weighted by Gasteiger charge is 2.24. The first-order valence-electron chi connectivity index (χ1n) is 10.00. The van der Waals surface area contributed by atoms with Crippen molar-refractivity contribution in [1.29, 1.82) is 0 Å². The van der Waals surface area contributed by atoms with Crippen molar-refractivity contribution >= 4 is 33.4 Å². The number of fused-ring (bicyclic) bond motifs is 3. The molecule has 29 heavy (non-hydrogen) atoms. The second kappa shape index (κ2) is 7.55. The molecule has 0 N–H and O–H groups in total. The summed E-state index contributed by atoms with van der Waals surface area (Å²) < 4.78 is 1.47. The Morgan fingerprint density at radius 3 is 2.59 bits per heavy atom. The summed E-state index contributed by atoms with van der Waals surface area (Å²) in [4.78, 5) is 44.9. The van der Waals surface area contributed by atoms with Gasteiger partial charge in [0.1, 0.15) is 11.4 Å². The van der Waals surface area contributed by atoms with Crippen molar-refractivity contribution < 1.29 is 4.79 Å². The van der Waals surface area contributed by atoms with E-state index in [9.17, 15) is 9.59 Å². The van der Waals surface area contributed by atoms with E-state index in [0.29, 0.717) is 32.1 Å². The number of rotatable bonds is 3. The first-order valence-corrected chi connectivity index (χ1v) is 10.8. The summed E-state index contributed by atoms with van der Waals surface area (Å²) in [6, 6.07) is 1.79. The largest absolute Gasteiger partial charge is 0.338 e. The van der Waals surface area contributed by atoms with Crippen LogP contribution in [0.3, 0.4) is 0 Å². The molecule has 0 unspecified atom stereocenters. The van der Waals surface area contributed by atoms with Gasteiger partial charge in [-0.05, 0) is 37.3 Å². The van der Waals surface area contributed by atoms with Gasteiger partial charge >= 0.3 is 0 Å². The van der Waals surface area contributed by atoms with Crippen molar-refractivity contribution in [2.45, 2.75) is 32.2 Å². The summed E-state index contributed by atoms with van der Waals surface area (Å²) in [6.07, 6.45) is 9.22. The van der Waals surface area contributed by atoms with E-state index >= 15 is 0 Å². The van der Waals surface area contributed by atoms with E-state index < -0.39 is 0 Å².